The van der Waals surface area contributed by atoms with E-state index >= 15 is 0 Å². The SMILES string of the molecule is CCNC(C1=CCCCO1)C(CC)c1ccccc1. The van der Waals surface area contributed by atoms with E-state index in [0.717, 1.165) is 38.2 Å². The zero-order valence-electron chi connectivity index (χ0n) is 12.1. The van der Waals surface area contributed by atoms with Crippen LogP contribution < -0.4 is 5.32 Å². The highest BCUT2D eigenvalue weighted by molar-refractivity contribution is 5.25. The predicted molar refractivity (Wildman–Crippen MR) is 80.2 cm³/mol. The standard InChI is InChI=1S/C17H25NO/c1-3-15(14-10-6-5-7-11-14)17(18-4-2)16-12-8-9-13-19-16/h5-7,10-12,15,17-18H,3-4,8-9,13H2,1-2H3. The van der Waals surface area contributed by atoms with Gasteiger partial charge in [-0.15, -0.1) is 0 Å². The van der Waals surface area contributed by atoms with Crippen molar-refractivity contribution in [2.45, 2.75) is 45.1 Å². The van der Waals surface area contributed by atoms with Gasteiger partial charge < -0.3 is 10.1 Å². The second-order valence-corrected chi connectivity index (χ2v) is 5.06. The summed E-state index contributed by atoms with van der Waals surface area (Å²) in [6, 6.07) is 11.1. The van der Waals surface area contributed by atoms with E-state index in [9.17, 15) is 0 Å². The van der Waals surface area contributed by atoms with E-state index in [1.54, 1.807) is 0 Å². The summed E-state index contributed by atoms with van der Waals surface area (Å²) >= 11 is 0. The van der Waals surface area contributed by atoms with Gasteiger partial charge in [0.05, 0.1) is 12.6 Å². The van der Waals surface area contributed by atoms with Gasteiger partial charge in [0.25, 0.3) is 0 Å². The first-order valence-corrected chi connectivity index (χ1v) is 7.48. The van der Waals surface area contributed by atoms with Crippen molar-refractivity contribution in [1.82, 2.24) is 5.32 Å². The second kappa shape index (κ2) is 7.34. The van der Waals surface area contributed by atoms with Gasteiger partial charge in [-0.25, -0.2) is 0 Å². The maximum atomic E-state index is 5.90. The Bertz CT molecular complexity index is 399. The molecule has 1 aliphatic rings. The quantitative estimate of drug-likeness (QED) is 0.837. The lowest BCUT2D eigenvalue weighted by molar-refractivity contribution is 0.160. The summed E-state index contributed by atoms with van der Waals surface area (Å²) in [5, 5.41) is 3.61. The van der Waals surface area contributed by atoms with Crippen LogP contribution in [0.15, 0.2) is 42.2 Å². The van der Waals surface area contributed by atoms with E-state index in [-0.39, 0.29) is 0 Å². The average Bonchev–Trinajstić information content (AvgIpc) is 2.49. The number of hydrogen-bond acceptors (Lipinski definition) is 2. The summed E-state index contributed by atoms with van der Waals surface area (Å²) in [6.45, 7) is 6.24. The molecule has 2 nitrogen and oxygen atoms in total. The van der Waals surface area contributed by atoms with Crippen LogP contribution in [0.5, 0.6) is 0 Å². The van der Waals surface area contributed by atoms with E-state index in [1.807, 2.05) is 0 Å². The van der Waals surface area contributed by atoms with Crippen molar-refractivity contribution in [3.05, 3.63) is 47.7 Å². The van der Waals surface area contributed by atoms with Crippen LogP contribution in [-0.2, 0) is 4.74 Å². The Morgan fingerprint density at radius 1 is 1.21 bits per heavy atom. The van der Waals surface area contributed by atoms with Crippen LogP contribution in [-0.4, -0.2) is 19.2 Å². The van der Waals surface area contributed by atoms with Gasteiger partial charge in [-0.3, -0.25) is 0 Å². The van der Waals surface area contributed by atoms with Crippen molar-refractivity contribution >= 4 is 0 Å². The van der Waals surface area contributed by atoms with Gasteiger partial charge in [0, 0.05) is 5.92 Å². The highest BCUT2D eigenvalue weighted by atomic mass is 16.5. The zero-order chi connectivity index (χ0) is 13.5. The smallest absolute Gasteiger partial charge is 0.110 e. The first-order valence-electron chi connectivity index (χ1n) is 7.48. The predicted octanol–water partition coefficient (Wildman–Crippen LogP) is 3.85. The van der Waals surface area contributed by atoms with Gasteiger partial charge in [0.1, 0.15) is 5.76 Å². The Morgan fingerprint density at radius 2 is 2.00 bits per heavy atom. The van der Waals surface area contributed by atoms with Crippen molar-refractivity contribution < 1.29 is 4.74 Å². The third kappa shape index (κ3) is 3.60. The molecule has 0 saturated heterocycles. The monoisotopic (exact) mass is 259 g/mol. The molecule has 0 aliphatic carbocycles. The number of nitrogens with one attached hydrogen (secondary N) is 1. The van der Waals surface area contributed by atoms with Crippen LogP contribution in [0.4, 0.5) is 0 Å². The fraction of sp³-hybridized carbons (Fsp3) is 0.529. The van der Waals surface area contributed by atoms with Gasteiger partial charge in [-0.2, -0.15) is 0 Å². The molecule has 2 unspecified atom stereocenters. The molecule has 0 fully saturated rings. The third-order valence-electron chi connectivity index (χ3n) is 3.76. The molecule has 2 atom stereocenters. The van der Waals surface area contributed by atoms with E-state index < -0.39 is 0 Å². The minimum Gasteiger partial charge on any atom is -0.497 e. The molecule has 2 heteroatoms. The van der Waals surface area contributed by atoms with Crippen LogP contribution in [0.1, 0.15) is 44.6 Å². The Kier molecular flexibility index (Phi) is 5.46. The van der Waals surface area contributed by atoms with Crippen molar-refractivity contribution in [3.63, 3.8) is 0 Å². The lowest BCUT2D eigenvalue weighted by atomic mass is 9.87. The lowest BCUT2D eigenvalue weighted by Crippen LogP contribution is -2.38. The van der Waals surface area contributed by atoms with Gasteiger partial charge in [-0.1, -0.05) is 44.2 Å². The van der Waals surface area contributed by atoms with Crippen LogP contribution >= 0.6 is 0 Å². The Morgan fingerprint density at radius 3 is 2.58 bits per heavy atom. The molecular weight excluding hydrogens is 234 g/mol. The highest BCUT2D eigenvalue weighted by Gasteiger charge is 2.26. The molecule has 104 valence electrons. The molecule has 1 N–H and O–H groups in total. The summed E-state index contributed by atoms with van der Waals surface area (Å²) in [7, 11) is 0. The molecule has 0 aromatic heterocycles. The minimum atomic E-state index is 0.303. The Hall–Kier alpha value is -1.28. The molecule has 1 aromatic carbocycles. The number of rotatable bonds is 6. The van der Waals surface area contributed by atoms with Gasteiger partial charge in [0.15, 0.2) is 0 Å². The summed E-state index contributed by atoms with van der Waals surface area (Å²) in [5.41, 5.74) is 1.39. The van der Waals surface area contributed by atoms with Gasteiger partial charge in [-0.05, 0) is 37.4 Å². The van der Waals surface area contributed by atoms with Crippen molar-refractivity contribution in [2.75, 3.05) is 13.2 Å². The molecule has 0 bridgehead atoms. The maximum absolute atomic E-state index is 5.90. The average molecular weight is 259 g/mol. The van der Waals surface area contributed by atoms with Crippen LogP contribution in [0, 0.1) is 0 Å². The third-order valence-corrected chi connectivity index (χ3v) is 3.76. The van der Waals surface area contributed by atoms with Crippen LogP contribution in [0.3, 0.4) is 0 Å². The summed E-state index contributed by atoms with van der Waals surface area (Å²) < 4.78 is 5.90. The Balaban J connectivity index is 2.22. The molecule has 1 aliphatic heterocycles. The number of likely N-dealkylation sites (N-methyl/N-ethyl adjacent to an activating group) is 1. The van der Waals surface area contributed by atoms with E-state index in [1.165, 1.54) is 5.56 Å². The molecule has 0 saturated carbocycles. The van der Waals surface area contributed by atoms with Crippen molar-refractivity contribution in [1.29, 1.82) is 0 Å². The van der Waals surface area contributed by atoms with E-state index in [0.29, 0.717) is 12.0 Å². The van der Waals surface area contributed by atoms with Crippen LogP contribution in [0.25, 0.3) is 0 Å². The van der Waals surface area contributed by atoms with Crippen molar-refractivity contribution in [3.8, 4) is 0 Å². The van der Waals surface area contributed by atoms with Gasteiger partial charge in [0.2, 0.25) is 0 Å². The maximum Gasteiger partial charge on any atom is 0.110 e. The fourth-order valence-corrected chi connectivity index (χ4v) is 2.82. The zero-order valence-corrected chi connectivity index (χ0v) is 12.1. The number of allylic oxidation sites excluding steroid dienone is 1. The van der Waals surface area contributed by atoms with E-state index in [4.69, 9.17) is 4.74 Å². The first-order chi connectivity index (χ1) is 9.36. The number of benzene rings is 1. The highest BCUT2D eigenvalue weighted by Crippen LogP contribution is 2.29. The van der Waals surface area contributed by atoms with Crippen LogP contribution in [0.2, 0.25) is 0 Å². The molecule has 1 aromatic rings. The molecule has 1 heterocycles. The summed E-state index contributed by atoms with van der Waals surface area (Å²) in [5.74, 6) is 1.62. The fourth-order valence-electron chi connectivity index (χ4n) is 2.82. The molecule has 0 spiro atoms. The molecule has 19 heavy (non-hydrogen) atoms. The minimum absolute atomic E-state index is 0.303. The van der Waals surface area contributed by atoms with Crippen molar-refractivity contribution in [2.24, 2.45) is 0 Å². The second-order valence-electron chi connectivity index (χ2n) is 5.06. The normalized spacial score (nSPS) is 18.3. The summed E-state index contributed by atoms with van der Waals surface area (Å²) in [4.78, 5) is 0. The molecule has 2 rings (SSSR count). The molecule has 0 amide bonds. The topological polar surface area (TPSA) is 21.3 Å². The largest absolute Gasteiger partial charge is 0.497 e. The summed E-state index contributed by atoms with van der Waals surface area (Å²) in [6.07, 6.45) is 5.66. The molecular formula is C17H25NO. The van der Waals surface area contributed by atoms with E-state index in [2.05, 4.69) is 55.6 Å². The first kappa shape index (κ1) is 14.1. The number of hydrogen-bond donors (Lipinski definition) is 1. The molecule has 0 radical (unpaired) electrons. The number of ether oxygens (including phenoxy) is 1. The lowest BCUT2D eigenvalue weighted by Gasteiger charge is -2.31. The Labute approximate surface area is 116 Å². The van der Waals surface area contributed by atoms with Gasteiger partial charge >= 0.3 is 0 Å².